The van der Waals surface area contributed by atoms with Crippen molar-refractivity contribution in [2.45, 2.75) is 0 Å². The van der Waals surface area contributed by atoms with Crippen LogP contribution in [0.15, 0.2) is 59.7 Å². The van der Waals surface area contributed by atoms with Crippen molar-refractivity contribution < 1.29 is 9.72 Å². The molecule has 0 aromatic heterocycles. The fourth-order valence-electron chi connectivity index (χ4n) is 1.56. The van der Waals surface area contributed by atoms with Gasteiger partial charge in [0.25, 0.3) is 5.69 Å². The normalized spacial score (nSPS) is 10.3. The number of nitro benzene ring substituents is 1. The molecule has 2 rings (SSSR count). The first-order chi connectivity index (χ1) is 10.1. The topological polar surface area (TPSA) is 96.6 Å². The summed E-state index contributed by atoms with van der Waals surface area (Å²) in [6.45, 7) is 0. The molecule has 0 spiro atoms. The number of non-ortho nitro benzene ring substituents is 1. The summed E-state index contributed by atoms with van der Waals surface area (Å²) in [5.74, 6) is 0. The van der Waals surface area contributed by atoms with Crippen LogP contribution < -0.4 is 10.7 Å². The monoisotopic (exact) mass is 284 g/mol. The predicted octanol–water partition coefficient (Wildman–Crippen LogP) is 2.75. The molecule has 0 saturated carbocycles. The molecule has 0 radical (unpaired) electrons. The zero-order chi connectivity index (χ0) is 15.1. The van der Waals surface area contributed by atoms with E-state index in [9.17, 15) is 14.9 Å². The van der Waals surface area contributed by atoms with Gasteiger partial charge >= 0.3 is 6.03 Å². The lowest BCUT2D eigenvalue weighted by atomic mass is 10.2. The number of hydrogen-bond donors (Lipinski definition) is 2. The zero-order valence-electron chi connectivity index (χ0n) is 10.9. The molecule has 0 saturated heterocycles. The maximum Gasteiger partial charge on any atom is 0.339 e. The molecule has 2 aromatic carbocycles. The fraction of sp³-hybridized carbons (Fsp3) is 0. The Morgan fingerprint density at radius 1 is 1.14 bits per heavy atom. The van der Waals surface area contributed by atoms with Crippen LogP contribution in [0.3, 0.4) is 0 Å². The number of rotatable bonds is 4. The minimum Gasteiger partial charge on any atom is -0.307 e. The fourth-order valence-corrected chi connectivity index (χ4v) is 1.56. The van der Waals surface area contributed by atoms with Gasteiger partial charge in [-0.1, -0.05) is 30.3 Å². The van der Waals surface area contributed by atoms with Gasteiger partial charge < -0.3 is 5.32 Å². The molecule has 0 aliphatic heterocycles. The molecular formula is C14H12N4O3. The van der Waals surface area contributed by atoms with Gasteiger partial charge in [0.1, 0.15) is 0 Å². The second-order valence-electron chi connectivity index (χ2n) is 4.04. The summed E-state index contributed by atoms with van der Waals surface area (Å²) in [4.78, 5) is 21.7. The molecule has 0 aliphatic rings. The van der Waals surface area contributed by atoms with Crippen LogP contribution >= 0.6 is 0 Å². The van der Waals surface area contributed by atoms with Crippen LogP contribution in [0.25, 0.3) is 0 Å². The first-order valence-electron chi connectivity index (χ1n) is 6.05. The van der Waals surface area contributed by atoms with E-state index in [4.69, 9.17) is 0 Å². The number of carbonyl (C=O) groups is 1. The number of nitrogens with zero attached hydrogens (tertiary/aromatic N) is 2. The average Bonchev–Trinajstić information content (AvgIpc) is 2.48. The van der Waals surface area contributed by atoms with Crippen LogP contribution in [-0.2, 0) is 0 Å². The maximum absolute atomic E-state index is 11.5. The number of amides is 2. The standard InChI is InChI=1S/C14H12N4O3/c19-14(16-12-6-2-1-3-7-12)17-15-10-11-5-4-8-13(9-11)18(20)21/h1-10H,(H2,16,17,19)/b15-10+. The smallest absolute Gasteiger partial charge is 0.307 e. The van der Waals surface area contributed by atoms with E-state index < -0.39 is 11.0 Å². The summed E-state index contributed by atoms with van der Waals surface area (Å²) in [6.07, 6.45) is 1.33. The highest BCUT2D eigenvalue weighted by Gasteiger charge is 2.04. The van der Waals surface area contributed by atoms with Crippen molar-refractivity contribution in [1.29, 1.82) is 0 Å². The molecule has 2 aromatic rings. The van der Waals surface area contributed by atoms with Crippen LogP contribution in [0.4, 0.5) is 16.2 Å². The lowest BCUT2D eigenvalue weighted by Gasteiger charge is -2.03. The second-order valence-corrected chi connectivity index (χ2v) is 4.04. The Balaban J connectivity index is 1.91. The molecule has 0 heterocycles. The number of hydrazone groups is 1. The van der Waals surface area contributed by atoms with Gasteiger partial charge in [-0.3, -0.25) is 10.1 Å². The minimum atomic E-state index is -0.497. The molecule has 0 unspecified atom stereocenters. The predicted molar refractivity (Wildman–Crippen MR) is 79.3 cm³/mol. The minimum absolute atomic E-state index is 0.0345. The van der Waals surface area contributed by atoms with E-state index >= 15 is 0 Å². The molecule has 7 heteroatoms. The lowest BCUT2D eigenvalue weighted by molar-refractivity contribution is -0.384. The van der Waals surface area contributed by atoms with Crippen LogP contribution in [0.5, 0.6) is 0 Å². The van der Waals surface area contributed by atoms with E-state index in [1.807, 2.05) is 6.07 Å². The van der Waals surface area contributed by atoms with Crippen LogP contribution in [-0.4, -0.2) is 17.2 Å². The second kappa shape index (κ2) is 6.80. The third-order valence-electron chi connectivity index (χ3n) is 2.49. The van der Waals surface area contributed by atoms with Gasteiger partial charge in [0, 0.05) is 23.4 Å². The van der Waals surface area contributed by atoms with Gasteiger partial charge in [0.05, 0.1) is 11.1 Å². The Kier molecular flexibility index (Phi) is 4.60. The first kappa shape index (κ1) is 14.2. The van der Waals surface area contributed by atoms with Crippen LogP contribution in [0.2, 0.25) is 0 Å². The molecule has 7 nitrogen and oxygen atoms in total. The number of nitro groups is 1. The Morgan fingerprint density at radius 3 is 2.62 bits per heavy atom. The number of benzene rings is 2. The molecule has 0 atom stereocenters. The Bertz CT molecular complexity index is 671. The van der Waals surface area contributed by atoms with E-state index in [-0.39, 0.29) is 5.69 Å². The van der Waals surface area contributed by atoms with Crippen molar-refractivity contribution >= 4 is 23.6 Å². The molecule has 0 bridgehead atoms. The van der Waals surface area contributed by atoms with E-state index in [2.05, 4.69) is 15.8 Å². The van der Waals surface area contributed by atoms with Gasteiger partial charge in [0.15, 0.2) is 0 Å². The highest BCUT2D eigenvalue weighted by Crippen LogP contribution is 2.11. The number of urea groups is 1. The lowest BCUT2D eigenvalue weighted by Crippen LogP contribution is -2.24. The molecule has 0 aliphatic carbocycles. The van der Waals surface area contributed by atoms with Crippen LogP contribution in [0.1, 0.15) is 5.56 Å². The summed E-state index contributed by atoms with van der Waals surface area (Å²) >= 11 is 0. The Morgan fingerprint density at radius 2 is 1.90 bits per heavy atom. The largest absolute Gasteiger partial charge is 0.339 e. The molecular weight excluding hydrogens is 272 g/mol. The third-order valence-corrected chi connectivity index (χ3v) is 2.49. The van der Waals surface area contributed by atoms with Gasteiger partial charge in [-0.25, -0.2) is 10.2 Å². The van der Waals surface area contributed by atoms with E-state index in [1.165, 1.54) is 18.3 Å². The molecule has 0 fully saturated rings. The number of carbonyl (C=O) groups excluding carboxylic acids is 1. The zero-order valence-corrected chi connectivity index (χ0v) is 10.9. The molecule has 21 heavy (non-hydrogen) atoms. The van der Waals surface area contributed by atoms with Crippen molar-refractivity contribution in [1.82, 2.24) is 5.43 Å². The van der Waals surface area contributed by atoms with Gasteiger partial charge in [-0.05, 0) is 12.1 Å². The van der Waals surface area contributed by atoms with E-state index in [1.54, 1.807) is 36.4 Å². The Labute approximate surface area is 120 Å². The molecule has 2 amide bonds. The summed E-state index contributed by atoms with van der Waals surface area (Å²) < 4.78 is 0. The summed E-state index contributed by atoms with van der Waals surface area (Å²) in [5.41, 5.74) is 3.40. The molecule has 2 N–H and O–H groups in total. The number of nitrogens with one attached hydrogen (secondary N) is 2. The summed E-state index contributed by atoms with van der Waals surface area (Å²) in [5, 5.41) is 16.9. The van der Waals surface area contributed by atoms with Crippen molar-refractivity contribution in [3.05, 3.63) is 70.3 Å². The Hall–Kier alpha value is -3.22. The number of hydrogen-bond acceptors (Lipinski definition) is 4. The third kappa shape index (κ3) is 4.43. The van der Waals surface area contributed by atoms with E-state index in [0.29, 0.717) is 11.3 Å². The summed E-state index contributed by atoms with van der Waals surface area (Å²) in [7, 11) is 0. The summed E-state index contributed by atoms with van der Waals surface area (Å²) in [6, 6.07) is 14.3. The van der Waals surface area contributed by atoms with Crippen LogP contribution in [0, 0.1) is 10.1 Å². The highest BCUT2D eigenvalue weighted by molar-refractivity contribution is 5.90. The number of para-hydroxylation sites is 1. The molecule has 106 valence electrons. The SMILES string of the molecule is O=C(N/N=C/c1cccc([N+](=O)[O-])c1)Nc1ccccc1. The van der Waals surface area contributed by atoms with E-state index in [0.717, 1.165) is 0 Å². The first-order valence-corrected chi connectivity index (χ1v) is 6.05. The quantitative estimate of drug-likeness (QED) is 0.513. The van der Waals surface area contributed by atoms with Crippen molar-refractivity contribution in [3.8, 4) is 0 Å². The maximum atomic E-state index is 11.5. The van der Waals surface area contributed by atoms with Crippen molar-refractivity contribution in [2.24, 2.45) is 5.10 Å². The van der Waals surface area contributed by atoms with Gasteiger partial charge in [-0.15, -0.1) is 0 Å². The van der Waals surface area contributed by atoms with Crippen molar-refractivity contribution in [3.63, 3.8) is 0 Å². The average molecular weight is 284 g/mol. The van der Waals surface area contributed by atoms with Crippen molar-refractivity contribution in [2.75, 3.05) is 5.32 Å². The van der Waals surface area contributed by atoms with Gasteiger partial charge in [0.2, 0.25) is 0 Å². The highest BCUT2D eigenvalue weighted by atomic mass is 16.6. The number of anilines is 1. The van der Waals surface area contributed by atoms with Gasteiger partial charge in [-0.2, -0.15) is 5.10 Å².